The summed E-state index contributed by atoms with van der Waals surface area (Å²) in [7, 11) is -2.08. The summed E-state index contributed by atoms with van der Waals surface area (Å²) >= 11 is 5.85. The number of aromatic nitrogens is 2. The molecule has 0 spiro atoms. The standard InChI is InChI=1S/C28H28FN5O3S2/c1-17-15-22(18(2)33(17)20-10-8-19(29)9-11-20)27-26(23-7-5-6-14-30-23)31-28(38)34(27)21-12-13-25(37-3)24(16-21)32-39(4,35)36/h5-16,26-27,32H,1-4H3,(H,31,38)/t26-,27+/m0/s1. The minimum Gasteiger partial charge on any atom is -0.495 e. The fourth-order valence-corrected chi connectivity index (χ4v) is 6.05. The summed E-state index contributed by atoms with van der Waals surface area (Å²) in [6, 6.07) is 18.8. The Bertz CT molecular complexity index is 1640. The summed E-state index contributed by atoms with van der Waals surface area (Å²) < 4.78 is 47.8. The number of anilines is 2. The van der Waals surface area contributed by atoms with Crippen LogP contribution in [0.5, 0.6) is 5.75 Å². The van der Waals surface area contributed by atoms with Crippen LogP contribution in [0.3, 0.4) is 0 Å². The topological polar surface area (TPSA) is 88.5 Å². The molecular weight excluding hydrogens is 537 g/mol. The van der Waals surface area contributed by atoms with Gasteiger partial charge < -0.3 is 19.5 Å². The summed E-state index contributed by atoms with van der Waals surface area (Å²) in [6.45, 7) is 4.02. The van der Waals surface area contributed by atoms with Gasteiger partial charge in [-0.2, -0.15) is 0 Å². The Morgan fingerprint density at radius 3 is 2.41 bits per heavy atom. The highest BCUT2D eigenvalue weighted by atomic mass is 32.2. The highest BCUT2D eigenvalue weighted by molar-refractivity contribution is 7.92. The number of thiocarbonyl (C=S) groups is 1. The van der Waals surface area contributed by atoms with Crippen LogP contribution in [0.25, 0.3) is 5.69 Å². The molecule has 0 aliphatic carbocycles. The Hall–Kier alpha value is -3.96. The van der Waals surface area contributed by atoms with Crippen LogP contribution >= 0.6 is 12.2 Å². The first-order chi connectivity index (χ1) is 18.6. The van der Waals surface area contributed by atoms with E-state index in [1.807, 2.05) is 43.0 Å². The monoisotopic (exact) mass is 565 g/mol. The van der Waals surface area contributed by atoms with Gasteiger partial charge >= 0.3 is 0 Å². The zero-order valence-corrected chi connectivity index (χ0v) is 23.5. The Morgan fingerprint density at radius 1 is 1.05 bits per heavy atom. The van der Waals surface area contributed by atoms with Crippen molar-refractivity contribution >= 4 is 38.7 Å². The molecule has 0 saturated carbocycles. The predicted molar refractivity (Wildman–Crippen MR) is 155 cm³/mol. The van der Waals surface area contributed by atoms with Gasteiger partial charge in [0.1, 0.15) is 11.6 Å². The van der Waals surface area contributed by atoms with Gasteiger partial charge in [0.15, 0.2) is 5.11 Å². The van der Waals surface area contributed by atoms with Crippen LogP contribution in [0.15, 0.2) is 72.9 Å². The fourth-order valence-electron chi connectivity index (χ4n) is 5.15. The second-order valence-electron chi connectivity index (χ2n) is 9.39. The average molecular weight is 566 g/mol. The molecule has 2 aromatic carbocycles. The van der Waals surface area contributed by atoms with E-state index in [2.05, 4.69) is 25.7 Å². The largest absolute Gasteiger partial charge is 0.495 e. The average Bonchev–Trinajstić information content (AvgIpc) is 3.39. The first-order valence-corrected chi connectivity index (χ1v) is 14.5. The highest BCUT2D eigenvalue weighted by Crippen LogP contribution is 2.45. The van der Waals surface area contributed by atoms with E-state index in [4.69, 9.17) is 17.0 Å². The Labute approximate surface area is 232 Å². The normalized spacial score (nSPS) is 17.3. The second-order valence-corrected chi connectivity index (χ2v) is 11.5. The molecule has 0 amide bonds. The molecule has 39 heavy (non-hydrogen) atoms. The van der Waals surface area contributed by atoms with Gasteiger partial charge in [-0.1, -0.05) is 6.07 Å². The SMILES string of the molecule is COc1ccc(N2C(=S)N[C@@H](c3ccccn3)[C@H]2c2cc(C)n(-c3ccc(F)cc3)c2C)cc1NS(C)(=O)=O. The number of hydrogen-bond donors (Lipinski definition) is 2. The number of rotatable bonds is 7. The number of sulfonamides is 1. The van der Waals surface area contributed by atoms with E-state index in [1.54, 1.807) is 30.5 Å². The number of hydrogen-bond acceptors (Lipinski definition) is 5. The fraction of sp³-hybridized carbons (Fsp3) is 0.214. The van der Waals surface area contributed by atoms with Gasteiger partial charge in [-0.05, 0) is 92.3 Å². The van der Waals surface area contributed by atoms with Gasteiger partial charge in [0.2, 0.25) is 10.0 Å². The van der Waals surface area contributed by atoms with E-state index in [0.717, 1.165) is 34.6 Å². The van der Waals surface area contributed by atoms with Crippen LogP contribution in [0.1, 0.15) is 34.7 Å². The minimum atomic E-state index is -3.56. The molecule has 0 unspecified atom stereocenters. The van der Waals surface area contributed by atoms with E-state index in [-0.39, 0.29) is 17.9 Å². The molecule has 2 N–H and O–H groups in total. The lowest BCUT2D eigenvalue weighted by Gasteiger charge is -2.29. The zero-order chi connectivity index (χ0) is 27.9. The van der Waals surface area contributed by atoms with Crippen molar-refractivity contribution in [1.82, 2.24) is 14.9 Å². The van der Waals surface area contributed by atoms with E-state index in [0.29, 0.717) is 22.2 Å². The smallest absolute Gasteiger partial charge is 0.229 e. The van der Waals surface area contributed by atoms with Crippen LogP contribution in [-0.4, -0.2) is 36.4 Å². The van der Waals surface area contributed by atoms with Gasteiger partial charge in [-0.3, -0.25) is 9.71 Å². The molecule has 2 aromatic heterocycles. The molecule has 1 fully saturated rings. The quantitative estimate of drug-likeness (QED) is 0.298. The molecule has 1 saturated heterocycles. The highest BCUT2D eigenvalue weighted by Gasteiger charge is 2.42. The van der Waals surface area contributed by atoms with Crippen LogP contribution in [0.4, 0.5) is 15.8 Å². The number of nitrogens with one attached hydrogen (secondary N) is 2. The maximum atomic E-state index is 13.7. The van der Waals surface area contributed by atoms with E-state index in [1.165, 1.54) is 19.2 Å². The summed E-state index contributed by atoms with van der Waals surface area (Å²) in [6.07, 6.45) is 2.83. The first-order valence-electron chi connectivity index (χ1n) is 12.2. The second kappa shape index (κ2) is 10.3. The molecule has 1 aliphatic rings. The number of nitrogens with zero attached hydrogens (tertiary/aromatic N) is 3. The van der Waals surface area contributed by atoms with E-state index < -0.39 is 10.0 Å². The number of methoxy groups -OCH3 is 1. The van der Waals surface area contributed by atoms with Crippen LogP contribution in [0, 0.1) is 19.7 Å². The lowest BCUT2D eigenvalue weighted by Crippen LogP contribution is -2.29. The van der Waals surface area contributed by atoms with Crippen LogP contribution in [0.2, 0.25) is 0 Å². The maximum absolute atomic E-state index is 13.7. The third-order valence-electron chi connectivity index (χ3n) is 6.73. The molecule has 8 nitrogen and oxygen atoms in total. The molecule has 2 atom stereocenters. The molecule has 11 heteroatoms. The van der Waals surface area contributed by atoms with Crippen LogP contribution < -0.4 is 19.7 Å². The van der Waals surface area contributed by atoms with Crippen molar-refractivity contribution in [2.45, 2.75) is 25.9 Å². The van der Waals surface area contributed by atoms with E-state index in [9.17, 15) is 12.8 Å². The van der Waals surface area contributed by atoms with E-state index >= 15 is 0 Å². The number of benzene rings is 2. The van der Waals surface area contributed by atoms with Gasteiger partial charge in [0.25, 0.3) is 0 Å². The Morgan fingerprint density at radius 2 is 1.77 bits per heavy atom. The molecule has 5 rings (SSSR count). The molecule has 0 bridgehead atoms. The number of ether oxygens (including phenoxy) is 1. The van der Waals surface area contributed by atoms with Crippen molar-refractivity contribution in [3.05, 3.63) is 101 Å². The lowest BCUT2D eigenvalue weighted by atomic mass is 9.96. The molecule has 4 aromatic rings. The lowest BCUT2D eigenvalue weighted by molar-refractivity contribution is 0.417. The maximum Gasteiger partial charge on any atom is 0.229 e. The molecule has 1 aliphatic heterocycles. The predicted octanol–water partition coefficient (Wildman–Crippen LogP) is 5.19. The Balaban J connectivity index is 1.68. The third kappa shape index (κ3) is 5.19. The van der Waals surface area contributed by atoms with Crippen molar-refractivity contribution in [3.8, 4) is 11.4 Å². The number of pyridine rings is 1. The van der Waals surface area contributed by atoms with Crippen molar-refractivity contribution in [1.29, 1.82) is 0 Å². The number of halogens is 1. The summed E-state index contributed by atoms with van der Waals surface area (Å²) in [5.74, 6) is 0.0840. The molecule has 0 radical (unpaired) electrons. The zero-order valence-electron chi connectivity index (χ0n) is 21.8. The minimum absolute atomic E-state index is 0.297. The third-order valence-corrected chi connectivity index (χ3v) is 7.63. The molecular formula is C28H28FN5O3S2. The first kappa shape index (κ1) is 26.6. The Kier molecular flexibility index (Phi) is 7.04. The molecule has 3 heterocycles. The van der Waals surface area contributed by atoms with Crippen molar-refractivity contribution in [2.24, 2.45) is 0 Å². The summed E-state index contributed by atoms with van der Waals surface area (Å²) in [5.41, 5.74) is 5.56. The van der Waals surface area contributed by atoms with Crippen molar-refractivity contribution in [2.75, 3.05) is 23.0 Å². The molecule has 202 valence electrons. The van der Waals surface area contributed by atoms with Crippen LogP contribution in [-0.2, 0) is 10.0 Å². The van der Waals surface area contributed by atoms with Gasteiger partial charge in [-0.15, -0.1) is 0 Å². The summed E-state index contributed by atoms with van der Waals surface area (Å²) in [5, 5.41) is 3.90. The van der Waals surface area contributed by atoms with Crippen molar-refractivity contribution < 1.29 is 17.5 Å². The number of aryl methyl sites for hydroxylation is 1. The summed E-state index contributed by atoms with van der Waals surface area (Å²) in [4.78, 5) is 6.58. The van der Waals surface area contributed by atoms with Gasteiger partial charge in [-0.25, -0.2) is 12.8 Å². The van der Waals surface area contributed by atoms with Gasteiger partial charge in [0.05, 0.1) is 36.8 Å². The van der Waals surface area contributed by atoms with Crippen molar-refractivity contribution in [3.63, 3.8) is 0 Å². The van der Waals surface area contributed by atoms with Gasteiger partial charge in [0, 0.05) is 29.0 Å².